The first kappa shape index (κ1) is 18.2. The van der Waals surface area contributed by atoms with Crippen LogP contribution in [-0.2, 0) is 0 Å². The van der Waals surface area contributed by atoms with Crippen LogP contribution >= 0.6 is 0 Å². The van der Waals surface area contributed by atoms with E-state index in [2.05, 4.69) is 20.6 Å². The van der Waals surface area contributed by atoms with Gasteiger partial charge in [0.15, 0.2) is 11.6 Å². The number of carbonyl (C=O) groups excluding carboxylic acids is 1. The molecule has 0 spiro atoms. The maximum absolute atomic E-state index is 13.3. The van der Waals surface area contributed by atoms with Gasteiger partial charge < -0.3 is 15.4 Å². The molecule has 6 nitrogen and oxygen atoms in total. The lowest BCUT2D eigenvalue weighted by atomic mass is 10.3. The number of anilines is 3. The largest absolute Gasteiger partial charge is 0.492 e. The Balaban J connectivity index is 1.77. The van der Waals surface area contributed by atoms with Crippen molar-refractivity contribution in [2.24, 2.45) is 0 Å². The van der Waals surface area contributed by atoms with Gasteiger partial charge in [0.25, 0.3) is 5.91 Å². The standard InChI is InChI=1S/C19H16F2N4O2/c1-2-27-17-6-4-3-5-15(17)24-19-22-10-9-16(25-19)18(26)23-12-7-8-13(20)14(21)11-12/h3-11H,2H2,1H3,(H,23,26)(H,22,24,25). The number of hydrogen-bond donors (Lipinski definition) is 2. The van der Waals surface area contributed by atoms with Gasteiger partial charge >= 0.3 is 0 Å². The zero-order chi connectivity index (χ0) is 19.2. The number of hydrogen-bond acceptors (Lipinski definition) is 5. The van der Waals surface area contributed by atoms with Crippen molar-refractivity contribution in [1.82, 2.24) is 9.97 Å². The van der Waals surface area contributed by atoms with E-state index in [4.69, 9.17) is 4.74 Å². The Kier molecular flexibility index (Phi) is 5.55. The van der Waals surface area contributed by atoms with Crippen LogP contribution in [0.2, 0.25) is 0 Å². The summed E-state index contributed by atoms with van der Waals surface area (Å²) < 4.78 is 31.8. The first-order valence-electron chi connectivity index (χ1n) is 8.15. The number of carbonyl (C=O) groups is 1. The lowest BCUT2D eigenvalue weighted by Crippen LogP contribution is -2.15. The van der Waals surface area contributed by atoms with E-state index in [1.807, 2.05) is 19.1 Å². The molecular formula is C19H16F2N4O2. The zero-order valence-corrected chi connectivity index (χ0v) is 14.4. The predicted octanol–water partition coefficient (Wildman–Crippen LogP) is 4.15. The fraction of sp³-hybridized carbons (Fsp3) is 0.105. The third-order valence-electron chi connectivity index (χ3n) is 3.50. The SMILES string of the molecule is CCOc1ccccc1Nc1nccc(C(=O)Nc2ccc(F)c(F)c2)n1. The summed E-state index contributed by atoms with van der Waals surface area (Å²) in [4.78, 5) is 20.5. The van der Waals surface area contributed by atoms with Crippen molar-refractivity contribution in [3.8, 4) is 5.75 Å². The molecule has 3 aromatic rings. The van der Waals surface area contributed by atoms with Crippen LogP contribution in [0.5, 0.6) is 5.75 Å². The van der Waals surface area contributed by atoms with Crippen molar-refractivity contribution in [2.45, 2.75) is 6.92 Å². The Morgan fingerprint density at radius 1 is 1.11 bits per heavy atom. The summed E-state index contributed by atoms with van der Waals surface area (Å²) in [6.07, 6.45) is 1.42. The molecule has 138 valence electrons. The molecular weight excluding hydrogens is 354 g/mol. The Morgan fingerprint density at radius 3 is 2.70 bits per heavy atom. The van der Waals surface area contributed by atoms with Crippen LogP contribution in [0.15, 0.2) is 54.7 Å². The maximum atomic E-state index is 13.3. The topological polar surface area (TPSA) is 76.1 Å². The highest BCUT2D eigenvalue weighted by Gasteiger charge is 2.12. The quantitative estimate of drug-likeness (QED) is 0.682. The Bertz CT molecular complexity index is 966. The molecule has 2 N–H and O–H groups in total. The van der Waals surface area contributed by atoms with Crippen LogP contribution in [0.1, 0.15) is 17.4 Å². The second kappa shape index (κ2) is 8.22. The van der Waals surface area contributed by atoms with Gasteiger partial charge in [0.2, 0.25) is 5.95 Å². The van der Waals surface area contributed by atoms with Crippen LogP contribution in [0, 0.1) is 11.6 Å². The summed E-state index contributed by atoms with van der Waals surface area (Å²) >= 11 is 0. The molecule has 0 fully saturated rings. The van der Waals surface area contributed by atoms with Gasteiger partial charge in [-0.3, -0.25) is 4.79 Å². The smallest absolute Gasteiger partial charge is 0.274 e. The van der Waals surface area contributed by atoms with E-state index < -0.39 is 17.5 Å². The van der Waals surface area contributed by atoms with Crippen LogP contribution in [0.3, 0.4) is 0 Å². The predicted molar refractivity (Wildman–Crippen MR) is 97.2 cm³/mol. The van der Waals surface area contributed by atoms with Gasteiger partial charge in [-0.05, 0) is 37.3 Å². The summed E-state index contributed by atoms with van der Waals surface area (Å²) in [5, 5.41) is 5.46. The summed E-state index contributed by atoms with van der Waals surface area (Å²) in [5.41, 5.74) is 0.831. The third-order valence-corrected chi connectivity index (χ3v) is 3.50. The second-order valence-corrected chi connectivity index (χ2v) is 5.40. The maximum Gasteiger partial charge on any atom is 0.274 e. The Labute approximate surface area is 154 Å². The fourth-order valence-electron chi connectivity index (χ4n) is 2.29. The van der Waals surface area contributed by atoms with Crippen molar-refractivity contribution in [1.29, 1.82) is 0 Å². The molecule has 0 aliphatic rings. The first-order valence-corrected chi connectivity index (χ1v) is 8.15. The number of halogens is 2. The fourth-order valence-corrected chi connectivity index (χ4v) is 2.29. The zero-order valence-electron chi connectivity index (χ0n) is 14.4. The molecule has 1 heterocycles. The summed E-state index contributed by atoms with van der Waals surface area (Å²) in [7, 11) is 0. The van der Waals surface area contributed by atoms with Crippen molar-refractivity contribution in [3.05, 3.63) is 72.1 Å². The number of nitrogens with zero attached hydrogens (tertiary/aromatic N) is 2. The first-order chi connectivity index (χ1) is 13.1. The monoisotopic (exact) mass is 370 g/mol. The highest BCUT2D eigenvalue weighted by atomic mass is 19.2. The van der Waals surface area contributed by atoms with Crippen molar-refractivity contribution in [3.63, 3.8) is 0 Å². The van der Waals surface area contributed by atoms with Crippen LogP contribution in [0.25, 0.3) is 0 Å². The van der Waals surface area contributed by atoms with E-state index in [1.54, 1.807) is 12.1 Å². The van der Waals surface area contributed by atoms with Crippen molar-refractivity contribution < 1.29 is 18.3 Å². The summed E-state index contributed by atoms with van der Waals surface area (Å²) in [5.74, 6) is -1.80. The van der Waals surface area contributed by atoms with Gasteiger partial charge in [0, 0.05) is 18.0 Å². The molecule has 0 aliphatic heterocycles. The number of benzene rings is 2. The molecule has 1 amide bonds. The molecule has 2 aromatic carbocycles. The molecule has 0 radical (unpaired) electrons. The summed E-state index contributed by atoms with van der Waals surface area (Å²) in [6, 6.07) is 11.7. The van der Waals surface area contributed by atoms with Crippen LogP contribution in [0.4, 0.5) is 26.1 Å². The molecule has 0 bridgehead atoms. The molecule has 27 heavy (non-hydrogen) atoms. The van der Waals surface area contributed by atoms with Gasteiger partial charge in [-0.25, -0.2) is 18.7 Å². The number of amides is 1. The molecule has 8 heteroatoms. The number of nitrogens with one attached hydrogen (secondary N) is 2. The number of aromatic nitrogens is 2. The van der Waals surface area contributed by atoms with Crippen LogP contribution in [-0.4, -0.2) is 22.5 Å². The molecule has 0 unspecified atom stereocenters. The van der Waals surface area contributed by atoms with Gasteiger partial charge in [0.1, 0.15) is 11.4 Å². The van der Waals surface area contributed by atoms with Gasteiger partial charge in [0.05, 0.1) is 12.3 Å². The number of para-hydroxylation sites is 2. The van der Waals surface area contributed by atoms with Gasteiger partial charge in [-0.2, -0.15) is 0 Å². The highest BCUT2D eigenvalue weighted by molar-refractivity contribution is 6.03. The normalized spacial score (nSPS) is 10.3. The van der Waals surface area contributed by atoms with E-state index >= 15 is 0 Å². The minimum atomic E-state index is -1.05. The van der Waals surface area contributed by atoms with E-state index in [0.29, 0.717) is 18.0 Å². The van der Waals surface area contributed by atoms with E-state index in [0.717, 1.165) is 12.1 Å². The van der Waals surface area contributed by atoms with Gasteiger partial charge in [-0.1, -0.05) is 12.1 Å². The highest BCUT2D eigenvalue weighted by Crippen LogP contribution is 2.26. The summed E-state index contributed by atoms with van der Waals surface area (Å²) in [6.45, 7) is 2.37. The van der Waals surface area contributed by atoms with Crippen LogP contribution < -0.4 is 15.4 Å². The van der Waals surface area contributed by atoms with Gasteiger partial charge in [-0.15, -0.1) is 0 Å². The third kappa shape index (κ3) is 4.55. The van der Waals surface area contributed by atoms with E-state index in [-0.39, 0.29) is 17.3 Å². The lowest BCUT2D eigenvalue weighted by Gasteiger charge is -2.11. The Hall–Kier alpha value is -3.55. The van der Waals surface area contributed by atoms with E-state index in [1.165, 1.54) is 18.3 Å². The molecule has 0 atom stereocenters. The minimum absolute atomic E-state index is 0.0612. The second-order valence-electron chi connectivity index (χ2n) is 5.40. The van der Waals surface area contributed by atoms with E-state index in [9.17, 15) is 13.6 Å². The lowest BCUT2D eigenvalue weighted by molar-refractivity contribution is 0.102. The molecule has 0 saturated carbocycles. The molecule has 0 aliphatic carbocycles. The number of rotatable bonds is 6. The number of ether oxygens (including phenoxy) is 1. The molecule has 3 rings (SSSR count). The van der Waals surface area contributed by atoms with Crippen molar-refractivity contribution in [2.75, 3.05) is 17.2 Å². The molecule has 1 aromatic heterocycles. The van der Waals surface area contributed by atoms with Crippen molar-refractivity contribution >= 4 is 23.2 Å². The average Bonchev–Trinajstić information content (AvgIpc) is 2.67. The average molecular weight is 370 g/mol. The Morgan fingerprint density at radius 2 is 1.93 bits per heavy atom. The molecule has 0 saturated heterocycles. The minimum Gasteiger partial charge on any atom is -0.492 e.